The van der Waals surface area contributed by atoms with Crippen molar-refractivity contribution in [2.45, 2.75) is 39.3 Å². The Morgan fingerprint density at radius 1 is 0.737 bits per heavy atom. The average molecular weight is 302 g/mol. The van der Waals surface area contributed by atoms with Gasteiger partial charge in [-0.05, 0) is 11.8 Å². The monoisotopic (exact) mass is 302 g/mol. The van der Waals surface area contributed by atoms with E-state index in [9.17, 15) is 39.5 Å². The molecule has 1 aliphatic rings. The zero-order valence-corrected chi connectivity index (χ0v) is 10.1. The summed E-state index contributed by atoms with van der Waals surface area (Å²) in [6.45, 7) is 1.81. The van der Waals surface area contributed by atoms with Crippen molar-refractivity contribution in [2.24, 2.45) is 22.7 Å². The number of hydrogen-bond donors (Lipinski definition) is 0. The fraction of sp³-hybridized carbons (Fsp3) is 1.00. The van der Waals surface area contributed by atoms with Crippen LogP contribution >= 0.6 is 0 Å². The SMILES string of the molecule is CC(C)C1(C(F)(F)F)C(C)C1(C(F)(F)F)C(F)(F)F. The molecule has 0 aromatic heterocycles. The van der Waals surface area contributed by atoms with Gasteiger partial charge in [0.15, 0.2) is 5.41 Å². The highest BCUT2D eigenvalue weighted by atomic mass is 19.4. The van der Waals surface area contributed by atoms with E-state index in [4.69, 9.17) is 0 Å². The quantitative estimate of drug-likeness (QED) is 0.601. The maximum absolute atomic E-state index is 13.0. The first-order valence-electron chi connectivity index (χ1n) is 5.30. The summed E-state index contributed by atoms with van der Waals surface area (Å²) in [5.41, 5.74) is -8.55. The van der Waals surface area contributed by atoms with Gasteiger partial charge in [0.05, 0.1) is 5.41 Å². The van der Waals surface area contributed by atoms with Crippen LogP contribution in [0.15, 0.2) is 0 Å². The molecule has 0 radical (unpaired) electrons. The normalized spacial score (nSPS) is 31.7. The number of rotatable bonds is 1. The van der Waals surface area contributed by atoms with Crippen molar-refractivity contribution in [1.29, 1.82) is 0 Å². The van der Waals surface area contributed by atoms with E-state index in [1.165, 1.54) is 0 Å². The predicted octanol–water partition coefficient (Wildman–Crippen LogP) is 4.95. The molecule has 9 heteroatoms. The summed E-state index contributed by atoms with van der Waals surface area (Å²) in [5.74, 6) is -4.44. The Hall–Kier alpha value is -0.630. The molecule has 19 heavy (non-hydrogen) atoms. The van der Waals surface area contributed by atoms with Crippen LogP contribution in [-0.4, -0.2) is 18.5 Å². The zero-order valence-electron chi connectivity index (χ0n) is 10.1. The van der Waals surface area contributed by atoms with Gasteiger partial charge < -0.3 is 0 Å². The van der Waals surface area contributed by atoms with Gasteiger partial charge in [0.2, 0.25) is 0 Å². The van der Waals surface area contributed by atoms with Crippen LogP contribution in [0.25, 0.3) is 0 Å². The van der Waals surface area contributed by atoms with Crippen LogP contribution in [0.1, 0.15) is 20.8 Å². The van der Waals surface area contributed by atoms with Gasteiger partial charge >= 0.3 is 18.5 Å². The molecule has 1 aliphatic carbocycles. The van der Waals surface area contributed by atoms with Crippen molar-refractivity contribution in [2.75, 3.05) is 0 Å². The fourth-order valence-electron chi connectivity index (χ4n) is 3.56. The molecule has 1 fully saturated rings. The van der Waals surface area contributed by atoms with Crippen molar-refractivity contribution in [3.63, 3.8) is 0 Å². The third-order valence-electron chi connectivity index (χ3n) is 4.18. The number of halogens is 9. The Balaban J connectivity index is 3.64. The van der Waals surface area contributed by atoms with Gasteiger partial charge in [0.25, 0.3) is 0 Å². The maximum Gasteiger partial charge on any atom is 0.404 e. The van der Waals surface area contributed by atoms with Crippen molar-refractivity contribution < 1.29 is 39.5 Å². The molecule has 1 rings (SSSR count). The fourth-order valence-corrected chi connectivity index (χ4v) is 3.56. The molecule has 114 valence electrons. The van der Waals surface area contributed by atoms with E-state index in [1.54, 1.807) is 0 Å². The van der Waals surface area contributed by atoms with Gasteiger partial charge in [0, 0.05) is 0 Å². The summed E-state index contributed by atoms with van der Waals surface area (Å²) in [7, 11) is 0. The third kappa shape index (κ3) is 1.55. The molecule has 0 N–H and O–H groups in total. The highest BCUT2D eigenvalue weighted by molar-refractivity contribution is 5.29. The van der Waals surface area contributed by atoms with Crippen LogP contribution in [-0.2, 0) is 0 Å². The van der Waals surface area contributed by atoms with Gasteiger partial charge in [-0.3, -0.25) is 0 Å². The van der Waals surface area contributed by atoms with Gasteiger partial charge in [-0.2, -0.15) is 39.5 Å². The smallest absolute Gasteiger partial charge is 0.170 e. The van der Waals surface area contributed by atoms with Crippen LogP contribution in [0, 0.1) is 22.7 Å². The Labute approximate surface area is 103 Å². The molecule has 0 aromatic carbocycles. The molecular weight excluding hydrogens is 291 g/mol. The summed E-state index contributed by atoms with van der Waals surface area (Å²) in [6, 6.07) is 0. The topological polar surface area (TPSA) is 0 Å². The minimum atomic E-state index is -6.01. The van der Waals surface area contributed by atoms with E-state index in [-0.39, 0.29) is 0 Å². The maximum atomic E-state index is 13.0. The molecule has 0 aliphatic heterocycles. The first kappa shape index (κ1) is 16.4. The Bertz CT molecular complexity index is 345. The molecule has 0 aromatic rings. The number of hydrogen-bond acceptors (Lipinski definition) is 0. The summed E-state index contributed by atoms with van der Waals surface area (Å²) in [6.07, 6.45) is -17.6. The van der Waals surface area contributed by atoms with Crippen molar-refractivity contribution >= 4 is 0 Å². The molecule has 0 spiro atoms. The zero-order chi connectivity index (χ0) is 15.7. The molecule has 0 nitrogen and oxygen atoms in total. The van der Waals surface area contributed by atoms with E-state index in [0.29, 0.717) is 6.92 Å². The molecule has 0 heterocycles. The van der Waals surface area contributed by atoms with Gasteiger partial charge in [0.1, 0.15) is 0 Å². The van der Waals surface area contributed by atoms with E-state index in [2.05, 4.69) is 0 Å². The molecule has 2 unspecified atom stereocenters. The van der Waals surface area contributed by atoms with Crippen molar-refractivity contribution in [1.82, 2.24) is 0 Å². The lowest BCUT2D eigenvalue weighted by Crippen LogP contribution is -2.49. The van der Waals surface area contributed by atoms with Crippen LogP contribution in [0.4, 0.5) is 39.5 Å². The Kier molecular flexibility index (Phi) is 3.22. The van der Waals surface area contributed by atoms with Gasteiger partial charge in [-0.15, -0.1) is 0 Å². The average Bonchev–Trinajstić information content (AvgIpc) is 2.64. The van der Waals surface area contributed by atoms with Crippen molar-refractivity contribution in [3.05, 3.63) is 0 Å². The van der Waals surface area contributed by atoms with Crippen molar-refractivity contribution in [3.8, 4) is 0 Å². The minimum absolute atomic E-state index is 0.356. The van der Waals surface area contributed by atoms with E-state index < -0.39 is 41.2 Å². The van der Waals surface area contributed by atoms with E-state index in [1.807, 2.05) is 0 Å². The summed E-state index contributed by atoms with van der Waals surface area (Å²) in [5, 5.41) is 0. The molecule has 0 saturated heterocycles. The second-order valence-corrected chi connectivity index (χ2v) is 5.05. The van der Waals surface area contributed by atoms with Crippen LogP contribution in [0.2, 0.25) is 0 Å². The first-order chi connectivity index (χ1) is 8.10. The lowest BCUT2D eigenvalue weighted by Gasteiger charge is -2.33. The summed E-state index contributed by atoms with van der Waals surface area (Å²) in [4.78, 5) is 0. The second-order valence-electron chi connectivity index (χ2n) is 5.05. The predicted molar refractivity (Wildman–Crippen MR) is 47.0 cm³/mol. The highest BCUT2D eigenvalue weighted by Gasteiger charge is 3.01. The lowest BCUT2D eigenvalue weighted by atomic mass is 9.81. The first-order valence-corrected chi connectivity index (χ1v) is 5.30. The van der Waals surface area contributed by atoms with Gasteiger partial charge in [-0.25, -0.2) is 0 Å². The summed E-state index contributed by atoms with van der Waals surface area (Å²) < 4.78 is 116. The van der Waals surface area contributed by atoms with Crippen LogP contribution < -0.4 is 0 Å². The molecule has 0 bridgehead atoms. The molecular formula is C10H11F9. The second kappa shape index (κ2) is 3.72. The standard InChI is InChI=1S/C10H11F9/c1-4(2)6(8(11,12)13)5(3)7(6,9(14,15)16)10(17,18)19/h4-5H,1-3H3. The Morgan fingerprint density at radius 3 is 1.11 bits per heavy atom. The molecule has 2 atom stereocenters. The third-order valence-corrected chi connectivity index (χ3v) is 4.18. The van der Waals surface area contributed by atoms with E-state index in [0.717, 1.165) is 13.8 Å². The number of alkyl halides is 9. The minimum Gasteiger partial charge on any atom is -0.170 e. The molecule has 0 amide bonds. The Morgan fingerprint density at radius 2 is 1.05 bits per heavy atom. The highest BCUT2D eigenvalue weighted by Crippen LogP contribution is 2.87. The molecule has 1 saturated carbocycles. The van der Waals surface area contributed by atoms with Crippen LogP contribution in [0.5, 0.6) is 0 Å². The van der Waals surface area contributed by atoms with E-state index >= 15 is 0 Å². The largest absolute Gasteiger partial charge is 0.404 e. The van der Waals surface area contributed by atoms with Gasteiger partial charge in [-0.1, -0.05) is 20.8 Å². The van der Waals surface area contributed by atoms with Crippen LogP contribution in [0.3, 0.4) is 0 Å². The summed E-state index contributed by atoms with van der Waals surface area (Å²) >= 11 is 0. The lowest BCUT2D eigenvalue weighted by molar-refractivity contribution is -0.343.